The maximum absolute atomic E-state index is 12.5. The van der Waals surface area contributed by atoms with Crippen LogP contribution < -0.4 is 4.72 Å². The molecule has 0 radical (unpaired) electrons. The fourth-order valence-corrected chi connectivity index (χ4v) is 5.50. The molecule has 2 aromatic carbocycles. The van der Waals surface area contributed by atoms with E-state index in [0.29, 0.717) is 10.6 Å². The predicted octanol–water partition coefficient (Wildman–Crippen LogP) is 2.24. The maximum Gasteiger partial charge on any atom is 0.324 e. The number of carbonyl (C=O) groups is 1. The molecule has 0 aromatic heterocycles. The van der Waals surface area contributed by atoms with Gasteiger partial charge in [0.2, 0.25) is 0 Å². The first-order valence-corrected chi connectivity index (χ1v) is 12.1. The molecule has 0 bridgehead atoms. The van der Waals surface area contributed by atoms with Gasteiger partial charge in [0.15, 0.2) is 0 Å². The Morgan fingerprint density at radius 3 is 2.21 bits per heavy atom. The Morgan fingerprint density at radius 1 is 1.07 bits per heavy atom. The highest BCUT2D eigenvalue weighted by Crippen LogP contribution is 2.18. The van der Waals surface area contributed by atoms with Crippen molar-refractivity contribution in [3.63, 3.8) is 0 Å². The second-order valence-electron chi connectivity index (χ2n) is 5.93. The number of aryl methyl sites for hydroxylation is 1. The normalized spacial score (nSPS) is 12.5. The average Bonchev–Trinajstić information content (AvgIpc) is 2.68. The lowest BCUT2D eigenvalue weighted by molar-refractivity contribution is -0.142. The molecule has 0 saturated heterocycles. The van der Waals surface area contributed by atoms with Crippen LogP contribution in [0.15, 0.2) is 53.4 Å². The molecule has 2 aromatic rings. The molecule has 1 unspecified atom stereocenters. The van der Waals surface area contributed by atoms with E-state index in [1.807, 2.05) is 4.72 Å². The van der Waals surface area contributed by atoms with Crippen LogP contribution in [0.2, 0.25) is 5.02 Å². The smallest absolute Gasteiger partial charge is 0.324 e. The van der Waals surface area contributed by atoms with Crippen LogP contribution in [0.4, 0.5) is 0 Å². The molecule has 0 amide bonds. The summed E-state index contributed by atoms with van der Waals surface area (Å²) in [7, 11) is -8.67. The summed E-state index contributed by atoms with van der Waals surface area (Å²) in [4.78, 5) is 11.5. The second kappa shape index (κ2) is 9.41. The van der Waals surface area contributed by atoms with Crippen LogP contribution >= 0.6 is 11.6 Å². The summed E-state index contributed by atoms with van der Waals surface area (Å²) in [6.45, 7) is 1.73. The molecule has 1 atom stereocenters. The number of carbonyl (C=O) groups excluding carboxylic acids is 1. The first-order chi connectivity index (χ1) is 13.6. The van der Waals surface area contributed by atoms with Crippen LogP contribution in [0.1, 0.15) is 17.5 Å². The standard InChI is InChI=1S/C19H18ClNO6S2/c1-14-6-12-17(13-7-14)28(23,24)29(25,26)21-18(19(22)27-2)5-3-4-15-8-10-16(20)11-9-15/h6-13,18,21H,5H2,1-2H3. The lowest BCUT2D eigenvalue weighted by Gasteiger charge is -2.14. The van der Waals surface area contributed by atoms with Gasteiger partial charge in [-0.3, -0.25) is 4.79 Å². The highest BCUT2D eigenvalue weighted by Gasteiger charge is 2.36. The van der Waals surface area contributed by atoms with Crippen molar-refractivity contribution in [2.75, 3.05) is 7.11 Å². The van der Waals surface area contributed by atoms with E-state index in [0.717, 1.165) is 12.7 Å². The Kier molecular flexibility index (Phi) is 7.43. The molecule has 29 heavy (non-hydrogen) atoms. The number of benzene rings is 2. The van der Waals surface area contributed by atoms with E-state index in [9.17, 15) is 21.6 Å². The summed E-state index contributed by atoms with van der Waals surface area (Å²) in [6, 6.07) is 10.3. The third-order valence-electron chi connectivity index (χ3n) is 3.75. The number of halogens is 1. The van der Waals surface area contributed by atoms with Crippen LogP contribution in [0.3, 0.4) is 0 Å². The summed E-state index contributed by atoms with van der Waals surface area (Å²) >= 11 is 5.79. The molecule has 0 saturated carbocycles. The topological polar surface area (TPSA) is 107 Å². The minimum atomic E-state index is -4.94. The molecule has 0 aliphatic carbocycles. The van der Waals surface area contributed by atoms with E-state index in [-0.39, 0.29) is 6.42 Å². The molecule has 0 spiro atoms. The highest BCUT2D eigenvalue weighted by molar-refractivity contribution is 8.66. The van der Waals surface area contributed by atoms with Gasteiger partial charge in [0.25, 0.3) is 8.87 Å². The van der Waals surface area contributed by atoms with Crippen LogP contribution in [0.25, 0.3) is 0 Å². The summed E-state index contributed by atoms with van der Waals surface area (Å²) in [5.41, 5.74) is 1.35. The number of esters is 1. The molecule has 154 valence electrons. The van der Waals surface area contributed by atoms with Crippen LogP contribution in [0, 0.1) is 18.8 Å². The van der Waals surface area contributed by atoms with E-state index in [2.05, 4.69) is 16.6 Å². The molecule has 2 rings (SSSR count). The zero-order valence-corrected chi connectivity index (χ0v) is 17.9. The molecular weight excluding hydrogens is 438 g/mol. The van der Waals surface area contributed by atoms with Crippen molar-refractivity contribution in [1.82, 2.24) is 4.72 Å². The Hall–Kier alpha value is -2.38. The van der Waals surface area contributed by atoms with Gasteiger partial charge in [-0.1, -0.05) is 41.1 Å². The SMILES string of the molecule is COC(=O)C(CC#Cc1ccc(Cl)cc1)NS(=O)(=O)S(=O)(=O)c1ccc(C)cc1. The molecule has 0 fully saturated rings. The van der Waals surface area contributed by atoms with E-state index in [1.54, 1.807) is 31.2 Å². The average molecular weight is 456 g/mol. The Balaban J connectivity index is 2.25. The molecular formula is C19H18ClNO6S2. The first kappa shape index (κ1) is 22.9. The summed E-state index contributed by atoms with van der Waals surface area (Å²) < 4.78 is 56.4. The van der Waals surface area contributed by atoms with E-state index in [4.69, 9.17) is 11.6 Å². The lowest BCUT2D eigenvalue weighted by Crippen LogP contribution is -2.44. The van der Waals surface area contributed by atoms with E-state index < -0.39 is 34.8 Å². The quantitative estimate of drug-likeness (QED) is 0.406. The van der Waals surface area contributed by atoms with Crippen LogP contribution in [-0.2, 0) is 27.5 Å². The number of hydrogen-bond acceptors (Lipinski definition) is 6. The minimum absolute atomic E-state index is 0.294. The fourth-order valence-electron chi connectivity index (χ4n) is 2.17. The number of rotatable bonds is 6. The van der Waals surface area contributed by atoms with Gasteiger partial charge in [-0.2, -0.15) is 13.1 Å². The van der Waals surface area contributed by atoms with Crippen LogP contribution in [-0.4, -0.2) is 36.0 Å². The lowest BCUT2D eigenvalue weighted by atomic mass is 10.2. The summed E-state index contributed by atoms with van der Waals surface area (Å²) in [5, 5.41) is 0.525. The molecule has 0 heterocycles. The third kappa shape index (κ3) is 5.81. The van der Waals surface area contributed by atoms with Gasteiger partial charge in [0.1, 0.15) is 6.04 Å². The predicted molar refractivity (Wildman–Crippen MR) is 109 cm³/mol. The Bertz CT molecular complexity index is 1150. The number of nitrogens with one attached hydrogen (secondary N) is 1. The number of ether oxygens (including phenoxy) is 1. The van der Waals surface area contributed by atoms with Gasteiger partial charge in [-0.25, -0.2) is 8.42 Å². The van der Waals surface area contributed by atoms with Gasteiger partial charge >= 0.3 is 15.0 Å². The van der Waals surface area contributed by atoms with Gasteiger partial charge in [-0.15, -0.1) is 0 Å². The third-order valence-corrected chi connectivity index (χ3v) is 8.61. The number of hydrogen-bond donors (Lipinski definition) is 1. The second-order valence-corrected chi connectivity index (χ2v) is 11.5. The van der Waals surface area contributed by atoms with Gasteiger partial charge < -0.3 is 4.74 Å². The van der Waals surface area contributed by atoms with Gasteiger partial charge in [0.05, 0.1) is 12.0 Å². The molecule has 10 heteroatoms. The van der Waals surface area contributed by atoms with Crippen molar-refractivity contribution in [1.29, 1.82) is 0 Å². The van der Waals surface area contributed by atoms with Crippen molar-refractivity contribution < 1.29 is 26.4 Å². The summed E-state index contributed by atoms with van der Waals surface area (Å²) in [5.74, 6) is 4.42. The molecule has 7 nitrogen and oxygen atoms in total. The van der Waals surface area contributed by atoms with Crippen molar-refractivity contribution in [2.24, 2.45) is 0 Å². The monoisotopic (exact) mass is 455 g/mol. The zero-order chi connectivity index (χ0) is 21.7. The molecule has 0 aliphatic heterocycles. The van der Waals surface area contributed by atoms with E-state index >= 15 is 0 Å². The largest absolute Gasteiger partial charge is 0.468 e. The van der Waals surface area contributed by atoms with Gasteiger partial charge in [-0.05, 0) is 43.3 Å². The highest BCUT2D eigenvalue weighted by atomic mass is 35.5. The molecule has 0 aliphatic rings. The summed E-state index contributed by atoms with van der Waals surface area (Å²) in [6.07, 6.45) is -0.294. The van der Waals surface area contributed by atoms with Crippen molar-refractivity contribution in [2.45, 2.75) is 24.3 Å². The van der Waals surface area contributed by atoms with E-state index in [1.165, 1.54) is 24.3 Å². The maximum atomic E-state index is 12.5. The number of methoxy groups -OCH3 is 1. The fraction of sp³-hybridized carbons (Fsp3) is 0.211. The van der Waals surface area contributed by atoms with Crippen molar-refractivity contribution in [3.05, 3.63) is 64.7 Å². The minimum Gasteiger partial charge on any atom is -0.468 e. The zero-order valence-electron chi connectivity index (χ0n) is 15.5. The van der Waals surface area contributed by atoms with Crippen molar-refractivity contribution in [3.8, 4) is 11.8 Å². The Morgan fingerprint density at radius 2 is 1.66 bits per heavy atom. The van der Waals surface area contributed by atoms with Crippen LogP contribution in [0.5, 0.6) is 0 Å². The molecule has 1 N–H and O–H groups in total. The Labute approximate surface area is 174 Å². The van der Waals surface area contributed by atoms with Gasteiger partial charge in [0, 0.05) is 17.0 Å². The first-order valence-electron chi connectivity index (χ1n) is 8.23. The van der Waals surface area contributed by atoms with Crippen molar-refractivity contribution >= 4 is 35.5 Å².